The fraction of sp³-hybridized carbons (Fsp3) is 0.0455. The van der Waals surface area contributed by atoms with E-state index in [1.165, 1.54) is 40.6 Å². The molecule has 4 rings (SSSR count). The van der Waals surface area contributed by atoms with Crippen molar-refractivity contribution in [3.8, 4) is 5.69 Å². The third kappa shape index (κ3) is 4.16. The van der Waals surface area contributed by atoms with E-state index >= 15 is 0 Å². The normalized spacial score (nSPS) is 11.0. The largest absolute Gasteiger partial charge is 0.293 e. The van der Waals surface area contributed by atoms with Gasteiger partial charge in [0.1, 0.15) is 5.82 Å². The number of rotatable bonds is 5. The van der Waals surface area contributed by atoms with E-state index in [0.717, 1.165) is 4.47 Å². The van der Waals surface area contributed by atoms with E-state index in [2.05, 4.69) is 20.9 Å². The SMILES string of the molecule is O=C(CSc1nc2ccccc2c(=O)n1-c1ccc(F)cc1)c1ccc(Br)cc1. The summed E-state index contributed by atoms with van der Waals surface area (Å²) in [6.45, 7) is 0. The van der Waals surface area contributed by atoms with E-state index in [4.69, 9.17) is 0 Å². The Bertz CT molecular complexity index is 1250. The molecule has 0 aliphatic carbocycles. The Morgan fingerprint density at radius 2 is 1.69 bits per heavy atom. The maximum absolute atomic E-state index is 13.4. The number of thioether (sulfide) groups is 1. The number of Topliss-reactive ketones (excluding diaryl/α,β-unsaturated/α-hetero) is 1. The van der Waals surface area contributed by atoms with Crippen molar-refractivity contribution < 1.29 is 9.18 Å². The van der Waals surface area contributed by atoms with Crippen molar-refractivity contribution in [1.29, 1.82) is 0 Å². The number of hydrogen-bond acceptors (Lipinski definition) is 4. The van der Waals surface area contributed by atoms with Crippen molar-refractivity contribution in [2.45, 2.75) is 5.16 Å². The minimum absolute atomic E-state index is 0.0736. The molecule has 3 aromatic carbocycles. The second kappa shape index (κ2) is 8.31. The van der Waals surface area contributed by atoms with Crippen molar-refractivity contribution in [2.24, 2.45) is 0 Å². The highest BCUT2D eigenvalue weighted by Gasteiger charge is 2.15. The van der Waals surface area contributed by atoms with Crippen LogP contribution in [0.1, 0.15) is 10.4 Å². The average Bonchev–Trinajstić information content (AvgIpc) is 2.73. The summed E-state index contributed by atoms with van der Waals surface area (Å²) in [5, 5.41) is 0.839. The lowest BCUT2D eigenvalue weighted by atomic mass is 10.2. The molecular weight excluding hydrogens is 455 g/mol. The van der Waals surface area contributed by atoms with Gasteiger partial charge in [-0.1, -0.05) is 52.0 Å². The van der Waals surface area contributed by atoms with Crippen LogP contribution in [-0.2, 0) is 0 Å². The highest BCUT2D eigenvalue weighted by atomic mass is 79.9. The summed E-state index contributed by atoms with van der Waals surface area (Å²) in [5.41, 5.74) is 1.36. The third-order valence-electron chi connectivity index (χ3n) is 4.33. The number of carbonyl (C=O) groups excluding carboxylic acids is 1. The molecule has 0 radical (unpaired) electrons. The Morgan fingerprint density at radius 3 is 2.41 bits per heavy atom. The zero-order valence-electron chi connectivity index (χ0n) is 15.0. The Morgan fingerprint density at radius 1 is 1.00 bits per heavy atom. The van der Waals surface area contributed by atoms with Gasteiger partial charge in [-0.15, -0.1) is 0 Å². The minimum atomic E-state index is -0.393. The first-order chi connectivity index (χ1) is 14.0. The topological polar surface area (TPSA) is 52.0 Å². The molecule has 1 heterocycles. The van der Waals surface area contributed by atoms with Crippen LogP contribution in [0.25, 0.3) is 16.6 Å². The maximum atomic E-state index is 13.4. The Balaban J connectivity index is 1.75. The van der Waals surface area contributed by atoms with Gasteiger partial charge in [0.25, 0.3) is 5.56 Å². The number of halogens is 2. The van der Waals surface area contributed by atoms with Crippen LogP contribution >= 0.6 is 27.7 Å². The van der Waals surface area contributed by atoms with Crippen LogP contribution in [0.3, 0.4) is 0 Å². The maximum Gasteiger partial charge on any atom is 0.266 e. The predicted molar refractivity (Wildman–Crippen MR) is 116 cm³/mol. The van der Waals surface area contributed by atoms with Gasteiger partial charge in [0, 0.05) is 10.0 Å². The number of hydrogen-bond donors (Lipinski definition) is 0. The van der Waals surface area contributed by atoms with Crippen LogP contribution in [0.4, 0.5) is 4.39 Å². The quantitative estimate of drug-likeness (QED) is 0.227. The van der Waals surface area contributed by atoms with Gasteiger partial charge >= 0.3 is 0 Å². The summed E-state index contributed by atoms with van der Waals surface area (Å²) in [5.74, 6) is -0.348. The molecule has 0 aliphatic rings. The van der Waals surface area contributed by atoms with Crippen molar-refractivity contribution in [3.63, 3.8) is 0 Å². The zero-order valence-corrected chi connectivity index (χ0v) is 17.4. The molecular formula is C22H14BrFN2O2S. The van der Waals surface area contributed by atoms with Crippen LogP contribution in [0.5, 0.6) is 0 Å². The first-order valence-electron chi connectivity index (χ1n) is 8.72. The molecule has 0 saturated carbocycles. The second-order valence-corrected chi connectivity index (χ2v) is 8.11. The molecule has 0 unspecified atom stereocenters. The van der Waals surface area contributed by atoms with Crippen LogP contribution in [0.2, 0.25) is 0 Å². The summed E-state index contributed by atoms with van der Waals surface area (Å²) >= 11 is 4.53. The van der Waals surface area contributed by atoms with E-state index in [-0.39, 0.29) is 17.1 Å². The molecule has 0 bridgehead atoms. The van der Waals surface area contributed by atoms with Gasteiger partial charge < -0.3 is 0 Å². The standard InChI is InChI=1S/C22H14BrFN2O2S/c23-15-7-5-14(6-8-15)20(27)13-29-22-25-19-4-2-1-3-18(19)21(28)26(22)17-11-9-16(24)10-12-17/h1-12H,13H2. The number of carbonyl (C=O) groups is 1. The smallest absolute Gasteiger partial charge is 0.266 e. The van der Waals surface area contributed by atoms with Crippen LogP contribution < -0.4 is 5.56 Å². The van der Waals surface area contributed by atoms with E-state index in [0.29, 0.717) is 27.3 Å². The van der Waals surface area contributed by atoms with E-state index in [9.17, 15) is 14.0 Å². The fourth-order valence-corrected chi connectivity index (χ4v) is 4.05. The molecule has 0 aliphatic heterocycles. The number of fused-ring (bicyclic) bond motifs is 1. The van der Waals surface area contributed by atoms with Gasteiger partial charge in [-0.2, -0.15) is 0 Å². The second-order valence-electron chi connectivity index (χ2n) is 6.25. The number of aromatic nitrogens is 2. The average molecular weight is 469 g/mol. The third-order valence-corrected chi connectivity index (χ3v) is 5.80. The summed E-state index contributed by atoms with van der Waals surface area (Å²) < 4.78 is 15.7. The summed E-state index contributed by atoms with van der Waals surface area (Å²) in [7, 11) is 0. The van der Waals surface area contributed by atoms with E-state index < -0.39 is 5.82 Å². The Labute approximate surface area is 178 Å². The minimum Gasteiger partial charge on any atom is -0.293 e. The van der Waals surface area contributed by atoms with Crippen molar-refractivity contribution >= 4 is 44.4 Å². The predicted octanol–water partition coefficient (Wildman–Crippen LogP) is 5.26. The molecule has 0 fully saturated rings. The number of nitrogens with zero attached hydrogens (tertiary/aromatic N) is 2. The number of para-hydroxylation sites is 1. The van der Waals surface area contributed by atoms with Crippen molar-refractivity contribution in [3.05, 3.63) is 99.0 Å². The van der Waals surface area contributed by atoms with E-state index in [1.54, 1.807) is 48.5 Å². The van der Waals surface area contributed by atoms with Gasteiger partial charge in [-0.25, -0.2) is 9.37 Å². The Hall–Kier alpha value is -2.77. The van der Waals surface area contributed by atoms with Crippen LogP contribution in [0, 0.1) is 5.82 Å². The molecule has 0 atom stereocenters. The molecule has 0 saturated heterocycles. The van der Waals surface area contributed by atoms with E-state index in [1.807, 2.05) is 0 Å². The molecule has 0 amide bonds. The summed E-state index contributed by atoms with van der Waals surface area (Å²) in [6, 6.07) is 19.8. The highest BCUT2D eigenvalue weighted by molar-refractivity contribution is 9.10. The van der Waals surface area contributed by atoms with Crippen molar-refractivity contribution in [1.82, 2.24) is 9.55 Å². The Kier molecular flexibility index (Phi) is 5.60. The summed E-state index contributed by atoms with van der Waals surface area (Å²) in [6.07, 6.45) is 0. The molecule has 4 aromatic rings. The number of benzene rings is 3. The summed E-state index contributed by atoms with van der Waals surface area (Å²) in [4.78, 5) is 30.3. The monoisotopic (exact) mass is 468 g/mol. The van der Waals surface area contributed by atoms with Gasteiger partial charge in [0.2, 0.25) is 0 Å². The molecule has 144 valence electrons. The van der Waals surface area contributed by atoms with Gasteiger partial charge in [-0.3, -0.25) is 14.2 Å². The number of ketones is 1. The lowest BCUT2D eigenvalue weighted by Gasteiger charge is -2.13. The lowest BCUT2D eigenvalue weighted by molar-refractivity contribution is 0.102. The molecule has 1 aromatic heterocycles. The first kappa shape index (κ1) is 19.5. The zero-order chi connectivity index (χ0) is 20.4. The highest BCUT2D eigenvalue weighted by Crippen LogP contribution is 2.23. The van der Waals surface area contributed by atoms with Crippen LogP contribution in [0.15, 0.2) is 87.2 Å². The van der Waals surface area contributed by atoms with Gasteiger partial charge in [0.15, 0.2) is 10.9 Å². The molecule has 0 spiro atoms. The molecule has 0 N–H and O–H groups in total. The van der Waals surface area contributed by atoms with Crippen molar-refractivity contribution in [2.75, 3.05) is 5.75 Å². The first-order valence-corrected chi connectivity index (χ1v) is 10.5. The lowest BCUT2D eigenvalue weighted by Crippen LogP contribution is -2.22. The molecule has 29 heavy (non-hydrogen) atoms. The fourth-order valence-electron chi connectivity index (χ4n) is 2.88. The van der Waals surface area contributed by atoms with Crippen LogP contribution in [-0.4, -0.2) is 21.1 Å². The van der Waals surface area contributed by atoms with Gasteiger partial charge in [0.05, 0.1) is 22.3 Å². The van der Waals surface area contributed by atoms with Gasteiger partial charge in [-0.05, 0) is 48.5 Å². The molecule has 4 nitrogen and oxygen atoms in total. The molecule has 7 heteroatoms.